The second-order valence-corrected chi connectivity index (χ2v) is 9.69. The third-order valence-corrected chi connectivity index (χ3v) is 6.71. The fourth-order valence-corrected chi connectivity index (χ4v) is 4.61. The third kappa shape index (κ3) is 6.53. The zero-order chi connectivity index (χ0) is 23.1. The lowest BCUT2D eigenvalue weighted by Gasteiger charge is -2.23. The van der Waals surface area contributed by atoms with Crippen LogP contribution in [0.4, 0.5) is 9.52 Å². The Morgan fingerprint density at radius 2 is 2.06 bits per heavy atom. The SMILES string of the molecule is C[C@H](CO)O/N=C(/C(=O)Nc1ncc(F)s1)c1ccc(S(=O)(=O)NC2CCOCC2)cc1. The van der Waals surface area contributed by atoms with Crippen LogP contribution in [0.1, 0.15) is 25.3 Å². The highest BCUT2D eigenvalue weighted by Gasteiger charge is 2.23. The van der Waals surface area contributed by atoms with Crippen LogP contribution >= 0.6 is 11.3 Å². The summed E-state index contributed by atoms with van der Waals surface area (Å²) in [4.78, 5) is 21.5. The van der Waals surface area contributed by atoms with Gasteiger partial charge in [0.25, 0.3) is 5.91 Å². The molecule has 2 heterocycles. The molecular formula is C19H23FN4O6S2. The summed E-state index contributed by atoms with van der Waals surface area (Å²) in [5, 5.41) is 14.8. The molecule has 3 rings (SSSR count). The molecule has 1 aromatic heterocycles. The number of aromatic nitrogens is 1. The van der Waals surface area contributed by atoms with Crippen LogP contribution in [-0.4, -0.2) is 62.1 Å². The predicted octanol–water partition coefficient (Wildman–Crippen LogP) is 1.48. The van der Waals surface area contributed by atoms with Crippen LogP contribution in [0.15, 0.2) is 40.5 Å². The maximum Gasteiger partial charge on any atom is 0.280 e. The molecule has 3 N–H and O–H groups in total. The summed E-state index contributed by atoms with van der Waals surface area (Å²) in [5.41, 5.74) is 0.0666. The van der Waals surface area contributed by atoms with Crippen molar-refractivity contribution < 1.29 is 32.3 Å². The summed E-state index contributed by atoms with van der Waals surface area (Å²) in [6.45, 7) is 2.21. The zero-order valence-corrected chi connectivity index (χ0v) is 18.8. The van der Waals surface area contributed by atoms with E-state index in [4.69, 9.17) is 14.7 Å². The molecule has 1 atom stereocenters. The number of sulfonamides is 1. The number of anilines is 1. The van der Waals surface area contributed by atoms with E-state index in [2.05, 4.69) is 20.2 Å². The van der Waals surface area contributed by atoms with Crippen LogP contribution in [0.25, 0.3) is 0 Å². The maximum absolute atomic E-state index is 13.2. The molecule has 1 aromatic carbocycles. The number of carbonyl (C=O) groups excluding carboxylic acids is 1. The molecule has 13 heteroatoms. The average molecular weight is 487 g/mol. The smallest absolute Gasteiger partial charge is 0.280 e. The first-order chi connectivity index (χ1) is 15.3. The van der Waals surface area contributed by atoms with Crippen LogP contribution in [0.5, 0.6) is 0 Å². The second-order valence-electron chi connectivity index (χ2n) is 6.99. The average Bonchev–Trinajstić information content (AvgIpc) is 3.18. The molecule has 1 saturated heterocycles. The van der Waals surface area contributed by atoms with Crippen molar-refractivity contribution in [2.24, 2.45) is 5.16 Å². The predicted molar refractivity (Wildman–Crippen MR) is 115 cm³/mol. The molecule has 0 unspecified atom stereocenters. The number of amides is 1. The van der Waals surface area contributed by atoms with Crippen molar-refractivity contribution in [3.63, 3.8) is 0 Å². The number of halogens is 1. The highest BCUT2D eigenvalue weighted by atomic mass is 32.2. The molecule has 0 spiro atoms. The number of hydrogen-bond acceptors (Lipinski definition) is 9. The fourth-order valence-electron chi connectivity index (χ4n) is 2.76. The summed E-state index contributed by atoms with van der Waals surface area (Å²) >= 11 is 0.638. The minimum absolute atomic E-state index is 0.0234. The number of hydrogen-bond donors (Lipinski definition) is 3. The highest BCUT2D eigenvalue weighted by Crippen LogP contribution is 2.18. The standard InChI is InChI=1S/C19H23FN4O6S2/c1-12(11-25)30-23-17(18(26)22-19-21-10-16(20)31-19)13-2-4-15(5-3-13)32(27,28)24-14-6-8-29-9-7-14/h2-5,10,12,14,24-25H,6-9,11H2,1H3,(H,21,22,26)/b23-17+/t12-/m1/s1. The van der Waals surface area contributed by atoms with Crippen molar-refractivity contribution in [1.29, 1.82) is 0 Å². The van der Waals surface area contributed by atoms with Gasteiger partial charge in [-0.2, -0.15) is 4.39 Å². The molecule has 0 bridgehead atoms. The lowest BCUT2D eigenvalue weighted by Crippen LogP contribution is -2.38. The van der Waals surface area contributed by atoms with Gasteiger partial charge in [0.05, 0.1) is 17.7 Å². The van der Waals surface area contributed by atoms with Gasteiger partial charge in [-0.1, -0.05) is 28.6 Å². The van der Waals surface area contributed by atoms with Crippen molar-refractivity contribution in [3.05, 3.63) is 41.2 Å². The number of oxime groups is 1. The largest absolute Gasteiger partial charge is 0.392 e. The van der Waals surface area contributed by atoms with E-state index in [0.717, 1.165) is 6.20 Å². The summed E-state index contributed by atoms with van der Waals surface area (Å²) in [7, 11) is -3.76. The Balaban J connectivity index is 1.80. The first-order valence-corrected chi connectivity index (χ1v) is 12.1. The van der Waals surface area contributed by atoms with E-state index in [-0.39, 0.29) is 34.0 Å². The molecule has 0 radical (unpaired) electrons. The number of aliphatic hydroxyl groups is 1. The van der Waals surface area contributed by atoms with Crippen LogP contribution in [0, 0.1) is 5.13 Å². The first kappa shape index (κ1) is 24.2. The van der Waals surface area contributed by atoms with Crippen molar-refractivity contribution >= 4 is 38.1 Å². The van der Waals surface area contributed by atoms with Gasteiger partial charge in [-0.15, -0.1) is 0 Å². The van der Waals surface area contributed by atoms with Crippen LogP contribution < -0.4 is 10.0 Å². The van der Waals surface area contributed by atoms with E-state index in [0.29, 0.717) is 37.4 Å². The Labute approximate surface area is 188 Å². The van der Waals surface area contributed by atoms with Crippen molar-refractivity contribution in [2.45, 2.75) is 36.8 Å². The first-order valence-electron chi connectivity index (χ1n) is 9.76. The van der Waals surface area contributed by atoms with Gasteiger partial charge in [0.1, 0.15) is 6.10 Å². The van der Waals surface area contributed by atoms with E-state index >= 15 is 0 Å². The Morgan fingerprint density at radius 1 is 1.38 bits per heavy atom. The van der Waals surface area contributed by atoms with Crippen molar-refractivity contribution in [3.8, 4) is 0 Å². The molecule has 2 aromatic rings. The Bertz CT molecular complexity index is 1050. The Kier molecular flexibility index (Phi) is 8.26. The van der Waals surface area contributed by atoms with Gasteiger partial charge in [-0.25, -0.2) is 18.1 Å². The van der Waals surface area contributed by atoms with E-state index < -0.39 is 27.2 Å². The normalized spacial score (nSPS) is 16.5. The Morgan fingerprint density at radius 3 is 2.66 bits per heavy atom. The van der Waals surface area contributed by atoms with Gasteiger partial charge in [0.2, 0.25) is 10.0 Å². The second kappa shape index (κ2) is 10.9. The number of aliphatic hydroxyl groups excluding tert-OH is 1. The van der Waals surface area contributed by atoms with E-state index in [1.165, 1.54) is 24.3 Å². The van der Waals surface area contributed by atoms with E-state index in [1.807, 2.05) is 0 Å². The lowest BCUT2D eigenvalue weighted by molar-refractivity contribution is -0.110. The molecule has 1 amide bonds. The summed E-state index contributed by atoms with van der Waals surface area (Å²) in [6.07, 6.45) is 1.46. The number of nitrogens with zero attached hydrogens (tertiary/aromatic N) is 2. The van der Waals surface area contributed by atoms with Gasteiger partial charge >= 0.3 is 0 Å². The zero-order valence-electron chi connectivity index (χ0n) is 17.2. The van der Waals surface area contributed by atoms with E-state index in [1.54, 1.807) is 6.92 Å². The number of rotatable bonds is 9. The summed E-state index contributed by atoms with van der Waals surface area (Å²) < 4.78 is 46.4. The monoisotopic (exact) mass is 486 g/mol. The van der Waals surface area contributed by atoms with Crippen LogP contribution in [-0.2, 0) is 24.4 Å². The van der Waals surface area contributed by atoms with Crippen LogP contribution in [0.3, 0.4) is 0 Å². The molecule has 10 nitrogen and oxygen atoms in total. The van der Waals surface area contributed by atoms with Gasteiger partial charge in [-0.3, -0.25) is 10.1 Å². The quantitative estimate of drug-likeness (QED) is 0.360. The number of benzene rings is 1. The van der Waals surface area contributed by atoms with Crippen molar-refractivity contribution in [2.75, 3.05) is 25.1 Å². The molecule has 174 valence electrons. The lowest BCUT2D eigenvalue weighted by atomic mass is 10.1. The van der Waals surface area contributed by atoms with Gasteiger partial charge in [-0.05, 0) is 31.9 Å². The van der Waals surface area contributed by atoms with Gasteiger partial charge in [0.15, 0.2) is 16.0 Å². The summed E-state index contributed by atoms with van der Waals surface area (Å²) in [5.74, 6) is -0.736. The maximum atomic E-state index is 13.2. The van der Waals surface area contributed by atoms with Gasteiger partial charge < -0.3 is 14.7 Å². The topological polar surface area (TPSA) is 139 Å². The van der Waals surface area contributed by atoms with Crippen molar-refractivity contribution in [1.82, 2.24) is 9.71 Å². The minimum atomic E-state index is -3.76. The molecule has 1 aliphatic heterocycles. The molecule has 1 fully saturated rings. The number of ether oxygens (including phenoxy) is 1. The molecule has 0 saturated carbocycles. The Hall–Kier alpha value is -2.45. The summed E-state index contributed by atoms with van der Waals surface area (Å²) in [6, 6.07) is 5.30. The molecule has 0 aliphatic carbocycles. The minimum Gasteiger partial charge on any atom is -0.392 e. The fraction of sp³-hybridized carbons (Fsp3) is 0.421. The number of nitrogens with one attached hydrogen (secondary N) is 2. The molecular weight excluding hydrogens is 463 g/mol. The van der Waals surface area contributed by atoms with Gasteiger partial charge in [0, 0.05) is 24.8 Å². The molecule has 32 heavy (non-hydrogen) atoms. The number of thiazole rings is 1. The highest BCUT2D eigenvalue weighted by molar-refractivity contribution is 7.89. The molecule has 1 aliphatic rings. The number of carbonyl (C=O) groups is 1. The van der Waals surface area contributed by atoms with Crippen LogP contribution in [0.2, 0.25) is 0 Å². The van der Waals surface area contributed by atoms with E-state index in [9.17, 15) is 17.6 Å². The third-order valence-electron chi connectivity index (χ3n) is 4.48.